The molecule has 0 saturated carbocycles. The van der Waals surface area contributed by atoms with E-state index in [1.54, 1.807) is 0 Å². The van der Waals surface area contributed by atoms with Gasteiger partial charge in [-0.3, -0.25) is 0 Å². The quantitative estimate of drug-likeness (QED) is 0.870. The van der Waals surface area contributed by atoms with E-state index >= 15 is 0 Å². The molecule has 0 unspecified atom stereocenters. The summed E-state index contributed by atoms with van der Waals surface area (Å²) in [4.78, 5) is 0. The summed E-state index contributed by atoms with van der Waals surface area (Å²) < 4.78 is 2.28. The summed E-state index contributed by atoms with van der Waals surface area (Å²) in [5.74, 6) is 0. The molecular formula is C13H17ClN2. The molecule has 0 spiro atoms. The van der Waals surface area contributed by atoms with Crippen LogP contribution in [0.3, 0.4) is 0 Å². The number of rotatable bonds is 3. The van der Waals surface area contributed by atoms with Crippen molar-refractivity contribution >= 4 is 22.5 Å². The molecule has 0 aliphatic rings. The normalized spacial score (nSPS) is 11.6. The van der Waals surface area contributed by atoms with Crippen LogP contribution in [0.25, 0.3) is 10.9 Å². The molecular weight excluding hydrogens is 220 g/mol. The first-order valence-corrected chi connectivity index (χ1v) is 6.01. The topological polar surface area (TPSA) is 30.9 Å². The van der Waals surface area contributed by atoms with Gasteiger partial charge >= 0.3 is 0 Å². The highest BCUT2D eigenvalue weighted by atomic mass is 35.5. The highest BCUT2D eigenvalue weighted by Gasteiger charge is 2.12. The standard InChI is InChI=1S/C13H17ClN2/c1-9(2)16-11(6-7-15)8-10-4-3-5-12(14)13(10)16/h3-5,8-9H,6-7,15H2,1-2H3. The molecule has 2 nitrogen and oxygen atoms in total. The van der Waals surface area contributed by atoms with E-state index in [1.165, 1.54) is 11.1 Å². The summed E-state index contributed by atoms with van der Waals surface area (Å²) in [5, 5.41) is 2.01. The third-order valence-corrected chi connectivity index (χ3v) is 3.11. The number of aromatic nitrogens is 1. The van der Waals surface area contributed by atoms with Gasteiger partial charge in [0.2, 0.25) is 0 Å². The van der Waals surface area contributed by atoms with Crippen LogP contribution in [0.1, 0.15) is 25.6 Å². The van der Waals surface area contributed by atoms with Crippen LogP contribution in [0.2, 0.25) is 5.02 Å². The predicted octanol–water partition coefficient (Wildman–Crippen LogP) is 3.38. The average Bonchev–Trinajstić information content (AvgIpc) is 2.58. The number of nitrogens with two attached hydrogens (primary N) is 1. The monoisotopic (exact) mass is 236 g/mol. The smallest absolute Gasteiger partial charge is 0.0674 e. The third-order valence-electron chi connectivity index (χ3n) is 2.81. The van der Waals surface area contributed by atoms with Crippen LogP contribution in [-0.2, 0) is 6.42 Å². The molecule has 16 heavy (non-hydrogen) atoms. The summed E-state index contributed by atoms with van der Waals surface area (Å²) >= 11 is 6.27. The molecule has 0 aliphatic carbocycles. The number of halogens is 1. The van der Waals surface area contributed by atoms with Crippen molar-refractivity contribution in [2.45, 2.75) is 26.3 Å². The van der Waals surface area contributed by atoms with Gasteiger partial charge in [-0.2, -0.15) is 0 Å². The number of nitrogens with zero attached hydrogens (tertiary/aromatic N) is 1. The van der Waals surface area contributed by atoms with Gasteiger partial charge in [0.1, 0.15) is 0 Å². The molecule has 86 valence electrons. The van der Waals surface area contributed by atoms with Crippen LogP contribution >= 0.6 is 11.6 Å². The van der Waals surface area contributed by atoms with Gasteiger partial charge in [-0.15, -0.1) is 0 Å². The van der Waals surface area contributed by atoms with E-state index in [1.807, 2.05) is 12.1 Å². The molecule has 0 amide bonds. The Morgan fingerprint density at radius 3 is 2.75 bits per heavy atom. The molecule has 2 aromatic rings. The zero-order valence-corrected chi connectivity index (χ0v) is 10.5. The van der Waals surface area contributed by atoms with Crippen LogP contribution in [0.5, 0.6) is 0 Å². The Morgan fingerprint density at radius 2 is 2.12 bits per heavy atom. The van der Waals surface area contributed by atoms with Crippen molar-refractivity contribution in [1.82, 2.24) is 4.57 Å². The zero-order chi connectivity index (χ0) is 11.7. The summed E-state index contributed by atoms with van der Waals surface area (Å²) in [5.41, 5.74) is 8.04. The fourth-order valence-corrected chi connectivity index (χ4v) is 2.50. The Kier molecular flexibility index (Phi) is 3.22. The van der Waals surface area contributed by atoms with Gasteiger partial charge in [0.05, 0.1) is 10.5 Å². The molecule has 1 heterocycles. The number of hydrogen-bond donors (Lipinski definition) is 1. The molecule has 0 aliphatic heterocycles. The Hall–Kier alpha value is -0.990. The highest BCUT2D eigenvalue weighted by molar-refractivity contribution is 6.35. The molecule has 1 aromatic carbocycles. The fourth-order valence-electron chi connectivity index (χ4n) is 2.23. The average molecular weight is 237 g/mol. The molecule has 0 fully saturated rings. The van der Waals surface area contributed by atoms with Crippen LogP contribution in [-0.4, -0.2) is 11.1 Å². The Labute approximate surface area is 101 Å². The molecule has 2 N–H and O–H groups in total. The molecule has 3 heteroatoms. The van der Waals surface area contributed by atoms with E-state index in [9.17, 15) is 0 Å². The number of para-hydroxylation sites is 1. The van der Waals surface area contributed by atoms with Crippen molar-refractivity contribution in [2.75, 3.05) is 6.54 Å². The lowest BCUT2D eigenvalue weighted by Crippen LogP contribution is -2.10. The minimum Gasteiger partial charge on any atom is -0.341 e. The van der Waals surface area contributed by atoms with Crippen molar-refractivity contribution < 1.29 is 0 Å². The van der Waals surface area contributed by atoms with E-state index in [2.05, 4.69) is 30.5 Å². The highest BCUT2D eigenvalue weighted by Crippen LogP contribution is 2.30. The minimum absolute atomic E-state index is 0.402. The van der Waals surface area contributed by atoms with Gasteiger partial charge in [-0.25, -0.2) is 0 Å². The van der Waals surface area contributed by atoms with Gasteiger partial charge in [-0.05, 0) is 38.9 Å². The van der Waals surface area contributed by atoms with E-state index in [4.69, 9.17) is 17.3 Å². The van der Waals surface area contributed by atoms with Gasteiger partial charge in [0, 0.05) is 17.1 Å². The first-order valence-electron chi connectivity index (χ1n) is 5.63. The fraction of sp³-hybridized carbons (Fsp3) is 0.385. The second kappa shape index (κ2) is 4.48. The van der Waals surface area contributed by atoms with Gasteiger partial charge in [0.15, 0.2) is 0 Å². The maximum absolute atomic E-state index is 6.27. The number of benzene rings is 1. The lowest BCUT2D eigenvalue weighted by Gasteiger charge is -2.14. The maximum atomic E-state index is 6.27. The third kappa shape index (κ3) is 1.83. The predicted molar refractivity (Wildman–Crippen MR) is 70.1 cm³/mol. The van der Waals surface area contributed by atoms with Crippen LogP contribution in [0, 0.1) is 0 Å². The lowest BCUT2D eigenvalue weighted by molar-refractivity contribution is 0.594. The SMILES string of the molecule is CC(C)n1c(CCN)cc2cccc(Cl)c21. The van der Waals surface area contributed by atoms with E-state index < -0.39 is 0 Å². The first-order chi connectivity index (χ1) is 7.65. The van der Waals surface area contributed by atoms with Gasteiger partial charge in [-0.1, -0.05) is 23.7 Å². The van der Waals surface area contributed by atoms with Crippen molar-refractivity contribution in [3.05, 3.63) is 35.0 Å². The van der Waals surface area contributed by atoms with Crippen molar-refractivity contribution in [3.63, 3.8) is 0 Å². The van der Waals surface area contributed by atoms with Crippen LogP contribution < -0.4 is 5.73 Å². The lowest BCUT2D eigenvalue weighted by atomic mass is 10.2. The van der Waals surface area contributed by atoms with Gasteiger partial charge in [0.25, 0.3) is 0 Å². The molecule has 0 atom stereocenters. The van der Waals surface area contributed by atoms with Gasteiger partial charge < -0.3 is 10.3 Å². The van der Waals surface area contributed by atoms with E-state index in [0.717, 1.165) is 17.0 Å². The molecule has 0 radical (unpaired) electrons. The Morgan fingerprint density at radius 1 is 1.38 bits per heavy atom. The van der Waals surface area contributed by atoms with Crippen LogP contribution in [0.15, 0.2) is 24.3 Å². The largest absolute Gasteiger partial charge is 0.341 e. The van der Waals surface area contributed by atoms with Crippen molar-refractivity contribution in [1.29, 1.82) is 0 Å². The second-order valence-electron chi connectivity index (χ2n) is 4.32. The summed E-state index contributed by atoms with van der Waals surface area (Å²) in [6.07, 6.45) is 0.892. The first kappa shape index (κ1) is 11.5. The van der Waals surface area contributed by atoms with Crippen LogP contribution in [0.4, 0.5) is 0 Å². The van der Waals surface area contributed by atoms with E-state index in [0.29, 0.717) is 12.6 Å². The maximum Gasteiger partial charge on any atom is 0.0674 e. The number of hydrogen-bond acceptors (Lipinski definition) is 1. The van der Waals surface area contributed by atoms with E-state index in [-0.39, 0.29) is 0 Å². The molecule has 1 aromatic heterocycles. The number of fused-ring (bicyclic) bond motifs is 1. The second-order valence-corrected chi connectivity index (χ2v) is 4.72. The Balaban J connectivity index is 2.72. The summed E-state index contributed by atoms with van der Waals surface area (Å²) in [7, 11) is 0. The Bertz CT molecular complexity index is 500. The molecule has 2 rings (SSSR count). The summed E-state index contributed by atoms with van der Waals surface area (Å²) in [6, 6.07) is 8.61. The minimum atomic E-state index is 0.402. The van der Waals surface area contributed by atoms with Crippen molar-refractivity contribution in [2.24, 2.45) is 5.73 Å². The van der Waals surface area contributed by atoms with Crippen molar-refractivity contribution in [3.8, 4) is 0 Å². The zero-order valence-electron chi connectivity index (χ0n) is 9.70. The summed E-state index contributed by atoms with van der Waals surface area (Å²) in [6.45, 7) is 5.01. The molecule has 0 saturated heterocycles. The molecule has 0 bridgehead atoms.